The highest BCUT2D eigenvalue weighted by Crippen LogP contribution is 2.20. The van der Waals surface area contributed by atoms with Crippen molar-refractivity contribution in [3.63, 3.8) is 0 Å². The summed E-state index contributed by atoms with van der Waals surface area (Å²) in [6, 6.07) is 3.24. The topological polar surface area (TPSA) is 45.1 Å². The van der Waals surface area contributed by atoms with Gasteiger partial charge < -0.3 is 10.4 Å². The van der Waals surface area contributed by atoms with Gasteiger partial charge in [0.25, 0.3) is 0 Å². The van der Waals surface area contributed by atoms with Gasteiger partial charge in [-0.25, -0.2) is 4.39 Å². The summed E-state index contributed by atoms with van der Waals surface area (Å²) in [4.78, 5) is 3.93. The van der Waals surface area contributed by atoms with E-state index < -0.39 is 6.10 Å². The molecule has 2 atom stereocenters. The Morgan fingerprint density at radius 3 is 2.94 bits per heavy atom. The Morgan fingerprint density at radius 2 is 2.17 bits per heavy atom. The zero-order valence-corrected chi connectivity index (χ0v) is 10.6. The third kappa shape index (κ3) is 4.03. The molecule has 2 unspecified atom stereocenters. The number of aliphatic hydroxyl groups is 1. The maximum atomic E-state index is 12.8. The summed E-state index contributed by atoms with van der Waals surface area (Å²) in [6.07, 6.45) is 7.29. The summed E-state index contributed by atoms with van der Waals surface area (Å²) in [5, 5.41) is 13.6. The molecule has 0 radical (unpaired) electrons. The van der Waals surface area contributed by atoms with Crippen molar-refractivity contribution in [2.45, 2.75) is 50.7 Å². The molecule has 2 N–H and O–H groups in total. The van der Waals surface area contributed by atoms with E-state index in [0.29, 0.717) is 18.2 Å². The summed E-state index contributed by atoms with van der Waals surface area (Å²) in [7, 11) is 0. The van der Waals surface area contributed by atoms with E-state index in [2.05, 4.69) is 10.3 Å². The first-order valence-electron chi connectivity index (χ1n) is 6.78. The number of aliphatic hydroxyl groups excluding tert-OH is 1. The van der Waals surface area contributed by atoms with Crippen molar-refractivity contribution >= 4 is 0 Å². The Balaban J connectivity index is 1.88. The second kappa shape index (κ2) is 6.81. The fourth-order valence-corrected chi connectivity index (χ4v) is 2.45. The molecule has 1 aliphatic rings. The van der Waals surface area contributed by atoms with Gasteiger partial charge in [0.15, 0.2) is 0 Å². The van der Waals surface area contributed by atoms with Crippen LogP contribution in [0.4, 0.5) is 4.39 Å². The number of hydrogen-bond acceptors (Lipinski definition) is 3. The Morgan fingerprint density at radius 1 is 1.33 bits per heavy atom. The van der Waals surface area contributed by atoms with Gasteiger partial charge in [-0.15, -0.1) is 0 Å². The maximum Gasteiger partial charge on any atom is 0.141 e. The third-order valence-corrected chi connectivity index (χ3v) is 3.51. The molecule has 100 valence electrons. The number of rotatable bonds is 3. The van der Waals surface area contributed by atoms with Gasteiger partial charge in [0, 0.05) is 6.04 Å². The first-order chi connectivity index (χ1) is 8.75. The van der Waals surface area contributed by atoms with E-state index in [1.54, 1.807) is 6.07 Å². The van der Waals surface area contributed by atoms with E-state index in [0.717, 1.165) is 19.2 Å². The second-order valence-corrected chi connectivity index (χ2v) is 5.01. The molecule has 2 heterocycles. The predicted molar refractivity (Wildman–Crippen MR) is 68.6 cm³/mol. The number of nitrogens with zero attached hydrogens (tertiary/aromatic N) is 1. The SMILES string of the molecule is OC(CC1CCCCCCN1)c1ccc(F)cn1. The number of aromatic nitrogens is 1. The summed E-state index contributed by atoms with van der Waals surface area (Å²) >= 11 is 0. The van der Waals surface area contributed by atoms with E-state index in [1.807, 2.05) is 0 Å². The normalized spacial score (nSPS) is 23.1. The minimum absolute atomic E-state index is 0.340. The standard InChI is InChI=1S/C14H21FN2O/c15-11-6-7-13(17-10-11)14(18)9-12-5-3-1-2-4-8-16-12/h6-7,10,12,14,16,18H,1-5,8-9H2. The van der Waals surface area contributed by atoms with Crippen LogP contribution in [-0.4, -0.2) is 22.7 Å². The van der Waals surface area contributed by atoms with Crippen LogP contribution >= 0.6 is 0 Å². The van der Waals surface area contributed by atoms with Gasteiger partial charge in [-0.1, -0.05) is 19.3 Å². The van der Waals surface area contributed by atoms with Crippen LogP contribution in [0.3, 0.4) is 0 Å². The number of halogens is 1. The first-order valence-corrected chi connectivity index (χ1v) is 6.78. The zero-order valence-electron chi connectivity index (χ0n) is 10.6. The lowest BCUT2D eigenvalue weighted by Gasteiger charge is -2.23. The van der Waals surface area contributed by atoms with Gasteiger partial charge in [-0.05, 0) is 37.9 Å². The van der Waals surface area contributed by atoms with Gasteiger partial charge in [0.05, 0.1) is 18.0 Å². The molecular formula is C14H21FN2O. The molecule has 0 bridgehead atoms. The quantitative estimate of drug-likeness (QED) is 0.869. The molecule has 18 heavy (non-hydrogen) atoms. The van der Waals surface area contributed by atoms with Crippen molar-refractivity contribution in [3.05, 3.63) is 29.8 Å². The maximum absolute atomic E-state index is 12.8. The van der Waals surface area contributed by atoms with E-state index in [4.69, 9.17) is 0 Å². The highest BCUT2D eigenvalue weighted by Gasteiger charge is 2.17. The smallest absolute Gasteiger partial charge is 0.141 e. The molecule has 4 heteroatoms. The van der Waals surface area contributed by atoms with Crippen molar-refractivity contribution in [2.75, 3.05) is 6.54 Å². The van der Waals surface area contributed by atoms with E-state index >= 15 is 0 Å². The number of nitrogens with one attached hydrogen (secondary N) is 1. The second-order valence-electron chi connectivity index (χ2n) is 5.01. The Bertz CT molecular complexity index is 347. The Labute approximate surface area is 107 Å². The van der Waals surface area contributed by atoms with Crippen molar-refractivity contribution in [1.29, 1.82) is 0 Å². The van der Waals surface area contributed by atoms with Gasteiger partial charge in [-0.2, -0.15) is 0 Å². The largest absolute Gasteiger partial charge is 0.387 e. The minimum Gasteiger partial charge on any atom is -0.387 e. The lowest BCUT2D eigenvalue weighted by atomic mass is 9.98. The van der Waals surface area contributed by atoms with Crippen LogP contribution in [-0.2, 0) is 0 Å². The monoisotopic (exact) mass is 252 g/mol. The molecule has 0 amide bonds. The molecule has 1 aromatic heterocycles. The lowest BCUT2D eigenvalue weighted by molar-refractivity contribution is 0.143. The molecule has 1 saturated heterocycles. The van der Waals surface area contributed by atoms with Crippen molar-refractivity contribution in [3.8, 4) is 0 Å². The first kappa shape index (κ1) is 13.4. The summed E-state index contributed by atoms with van der Waals surface area (Å²) < 4.78 is 12.8. The summed E-state index contributed by atoms with van der Waals surface area (Å²) in [5.41, 5.74) is 0.556. The summed E-state index contributed by atoms with van der Waals surface area (Å²) in [6.45, 7) is 1.02. The molecule has 1 aliphatic heterocycles. The molecule has 1 fully saturated rings. The summed E-state index contributed by atoms with van der Waals surface area (Å²) in [5.74, 6) is -0.366. The van der Waals surface area contributed by atoms with Crippen molar-refractivity contribution < 1.29 is 9.50 Å². The van der Waals surface area contributed by atoms with Gasteiger partial charge in [-0.3, -0.25) is 4.98 Å². The Kier molecular flexibility index (Phi) is 5.08. The third-order valence-electron chi connectivity index (χ3n) is 3.51. The molecular weight excluding hydrogens is 231 g/mol. The van der Waals surface area contributed by atoms with Gasteiger partial charge in [0.2, 0.25) is 0 Å². The Hall–Kier alpha value is -1.00. The number of hydrogen-bond donors (Lipinski definition) is 2. The molecule has 0 saturated carbocycles. The number of pyridine rings is 1. The fraction of sp³-hybridized carbons (Fsp3) is 0.643. The average Bonchev–Trinajstić information content (AvgIpc) is 2.33. The van der Waals surface area contributed by atoms with Crippen LogP contribution in [0.5, 0.6) is 0 Å². The van der Waals surface area contributed by atoms with Crippen LogP contribution in [0.15, 0.2) is 18.3 Å². The van der Waals surface area contributed by atoms with Crippen LogP contribution < -0.4 is 5.32 Å². The average molecular weight is 252 g/mol. The van der Waals surface area contributed by atoms with E-state index in [1.165, 1.54) is 31.7 Å². The lowest BCUT2D eigenvalue weighted by Crippen LogP contribution is -2.32. The van der Waals surface area contributed by atoms with E-state index in [-0.39, 0.29) is 5.82 Å². The van der Waals surface area contributed by atoms with E-state index in [9.17, 15) is 9.50 Å². The predicted octanol–water partition coefficient (Wildman–Crippen LogP) is 2.57. The van der Waals surface area contributed by atoms with Gasteiger partial charge >= 0.3 is 0 Å². The highest BCUT2D eigenvalue weighted by atomic mass is 19.1. The highest BCUT2D eigenvalue weighted by molar-refractivity contribution is 5.08. The van der Waals surface area contributed by atoms with Crippen LogP contribution in [0.1, 0.15) is 50.3 Å². The van der Waals surface area contributed by atoms with Crippen LogP contribution in [0, 0.1) is 5.82 Å². The molecule has 2 rings (SSSR count). The zero-order chi connectivity index (χ0) is 12.8. The van der Waals surface area contributed by atoms with Crippen molar-refractivity contribution in [1.82, 2.24) is 10.3 Å². The molecule has 1 aromatic rings. The molecule has 0 aliphatic carbocycles. The fourth-order valence-electron chi connectivity index (χ4n) is 2.45. The molecule has 0 spiro atoms. The molecule has 0 aromatic carbocycles. The van der Waals surface area contributed by atoms with Crippen molar-refractivity contribution in [2.24, 2.45) is 0 Å². The van der Waals surface area contributed by atoms with Crippen LogP contribution in [0.25, 0.3) is 0 Å². The minimum atomic E-state index is -0.609. The van der Waals surface area contributed by atoms with Gasteiger partial charge in [0.1, 0.15) is 5.82 Å². The molecule has 3 nitrogen and oxygen atoms in total. The van der Waals surface area contributed by atoms with Crippen LogP contribution in [0.2, 0.25) is 0 Å².